The van der Waals surface area contributed by atoms with Crippen molar-refractivity contribution in [1.82, 2.24) is 0 Å². The molecule has 0 aliphatic heterocycles. The van der Waals surface area contributed by atoms with Crippen LogP contribution < -0.4 is 0 Å². The van der Waals surface area contributed by atoms with Crippen molar-refractivity contribution in [3.63, 3.8) is 0 Å². The van der Waals surface area contributed by atoms with Crippen LogP contribution in [-0.4, -0.2) is 0 Å². The van der Waals surface area contributed by atoms with Crippen LogP contribution in [0.3, 0.4) is 0 Å². The number of halogens is 4. The van der Waals surface area contributed by atoms with Gasteiger partial charge in [0.15, 0.2) is 0 Å². The van der Waals surface area contributed by atoms with E-state index in [0.717, 1.165) is 8.95 Å². The maximum atomic E-state index is 3.87. The Kier molecular flexibility index (Phi) is 6.32. The van der Waals surface area contributed by atoms with Crippen LogP contribution in [0.5, 0.6) is 0 Å². The first-order valence-corrected chi connectivity index (χ1v) is 13.8. The fourth-order valence-corrected chi connectivity index (χ4v) is 7.52. The minimum absolute atomic E-state index is 1.11. The maximum Gasteiger partial charge on any atom is 0.0265 e. The van der Waals surface area contributed by atoms with E-state index in [2.05, 4.69) is 100 Å². The van der Waals surface area contributed by atoms with Crippen LogP contribution in [0.2, 0.25) is 0 Å². The predicted octanol–water partition coefficient (Wildman–Crippen LogP) is 9.83. The van der Waals surface area contributed by atoms with Crippen LogP contribution in [0.1, 0.15) is 47.9 Å². The standard InChI is InChI=1S/C26H22Br4/c27-23-11-17-7-3-1-5-15(17)9-19(23)21-13-22(26(30)14-25(21)29)20-10-16-6-2-4-8-18(16)12-24(20)28/h9-14H,1-8H2. The van der Waals surface area contributed by atoms with Crippen molar-refractivity contribution >= 4 is 63.7 Å². The summed E-state index contributed by atoms with van der Waals surface area (Å²) in [7, 11) is 0. The number of hydrogen-bond donors (Lipinski definition) is 0. The minimum atomic E-state index is 1.11. The fraction of sp³-hybridized carbons (Fsp3) is 0.308. The molecule has 0 heterocycles. The molecule has 0 aromatic heterocycles. The Hall–Kier alpha value is -0.420. The van der Waals surface area contributed by atoms with Gasteiger partial charge >= 0.3 is 0 Å². The van der Waals surface area contributed by atoms with Gasteiger partial charge in [-0.25, -0.2) is 0 Å². The second-order valence-corrected chi connectivity index (χ2v) is 11.8. The summed E-state index contributed by atoms with van der Waals surface area (Å²) in [5, 5.41) is 0. The lowest BCUT2D eigenvalue weighted by molar-refractivity contribution is 0.685. The summed E-state index contributed by atoms with van der Waals surface area (Å²) in [5.74, 6) is 0. The molecule has 0 N–H and O–H groups in total. The monoisotopic (exact) mass is 650 g/mol. The normalized spacial score (nSPS) is 15.6. The van der Waals surface area contributed by atoms with Crippen molar-refractivity contribution in [2.45, 2.75) is 51.4 Å². The lowest BCUT2D eigenvalue weighted by Gasteiger charge is -2.21. The van der Waals surface area contributed by atoms with Gasteiger partial charge in [-0.1, -0.05) is 63.7 Å². The zero-order valence-electron chi connectivity index (χ0n) is 16.6. The number of fused-ring (bicyclic) bond motifs is 2. The molecule has 0 unspecified atom stereocenters. The lowest BCUT2D eigenvalue weighted by atomic mass is 9.87. The smallest absolute Gasteiger partial charge is 0.0265 e. The van der Waals surface area contributed by atoms with Gasteiger partial charge in [0.2, 0.25) is 0 Å². The highest BCUT2D eigenvalue weighted by molar-refractivity contribution is 9.11. The predicted molar refractivity (Wildman–Crippen MR) is 141 cm³/mol. The highest BCUT2D eigenvalue weighted by Gasteiger charge is 2.19. The topological polar surface area (TPSA) is 0 Å². The molecule has 0 radical (unpaired) electrons. The van der Waals surface area contributed by atoms with E-state index in [1.54, 1.807) is 0 Å². The molecule has 4 heteroatoms. The number of hydrogen-bond acceptors (Lipinski definition) is 0. The zero-order chi connectivity index (χ0) is 20.8. The molecule has 0 amide bonds. The average Bonchev–Trinajstić information content (AvgIpc) is 2.73. The van der Waals surface area contributed by atoms with Crippen LogP contribution in [0, 0.1) is 0 Å². The van der Waals surface area contributed by atoms with E-state index in [0.29, 0.717) is 0 Å². The van der Waals surface area contributed by atoms with Crippen molar-refractivity contribution in [2.75, 3.05) is 0 Å². The molecule has 0 spiro atoms. The molecule has 3 aromatic rings. The largest absolute Gasteiger partial charge is 0.0501 e. The molecular formula is C26H22Br4. The van der Waals surface area contributed by atoms with E-state index in [1.807, 2.05) is 0 Å². The van der Waals surface area contributed by atoms with E-state index in [9.17, 15) is 0 Å². The van der Waals surface area contributed by atoms with Crippen LogP contribution in [0.15, 0.2) is 54.3 Å². The van der Waals surface area contributed by atoms with Gasteiger partial charge in [-0.3, -0.25) is 0 Å². The molecule has 0 atom stereocenters. The Morgan fingerprint density at radius 3 is 1.07 bits per heavy atom. The molecule has 0 nitrogen and oxygen atoms in total. The zero-order valence-corrected chi connectivity index (χ0v) is 23.0. The molecule has 154 valence electrons. The summed E-state index contributed by atoms with van der Waals surface area (Å²) in [6.45, 7) is 0. The van der Waals surface area contributed by atoms with E-state index in [1.165, 1.54) is 105 Å². The third kappa shape index (κ3) is 4.02. The Morgan fingerprint density at radius 2 is 0.667 bits per heavy atom. The van der Waals surface area contributed by atoms with Gasteiger partial charge in [-0.05, 0) is 132 Å². The first-order valence-electron chi connectivity index (χ1n) is 10.6. The summed E-state index contributed by atoms with van der Waals surface area (Å²) in [6, 6.07) is 14.0. The SMILES string of the molecule is Brc1cc2c(cc1-c1cc(-c3cc4c(cc3Br)CCCC4)c(Br)cc1Br)CCCC2. The highest BCUT2D eigenvalue weighted by atomic mass is 79.9. The lowest BCUT2D eigenvalue weighted by Crippen LogP contribution is -2.04. The van der Waals surface area contributed by atoms with Crippen LogP contribution in [-0.2, 0) is 25.7 Å². The van der Waals surface area contributed by atoms with Crippen molar-refractivity contribution < 1.29 is 0 Å². The van der Waals surface area contributed by atoms with Crippen LogP contribution >= 0.6 is 63.7 Å². The van der Waals surface area contributed by atoms with Crippen LogP contribution in [0.4, 0.5) is 0 Å². The molecule has 3 aromatic carbocycles. The molecule has 0 saturated carbocycles. The molecule has 5 rings (SSSR count). The summed E-state index contributed by atoms with van der Waals surface area (Å²) in [6.07, 6.45) is 9.96. The molecule has 0 saturated heterocycles. The average molecular weight is 654 g/mol. The molecular weight excluding hydrogens is 632 g/mol. The molecule has 0 bridgehead atoms. The fourth-order valence-electron chi connectivity index (χ4n) is 4.89. The summed E-state index contributed by atoms with van der Waals surface area (Å²) in [5.41, 5.74) is 11.0. The van der Waals surface area contributed by atoms with Gasteiger partial charge < -0.3 is 0 Å². The second-order valence-electron chi connectivity index (χ2n) is 8.43. The number of benzene rings is 3. The van der Waals surface area contributed by atoms with Crippen LogP contribution in [0.25, 0.3) is 22.3 Å². The Bertz CT molecular complexity index is 1060. The van der Waals surface area contributed by atoms with Crippen molar-refractivity contribution in [1.29, 1.82) is 0 Å². The summed E-state index contributed by atoms with van der Waals surface area (Å²) < 4.78 is 4.59. The quantitative estimate of drug-likeness (QED) is 0.258. The molecule has 30 heavy (non-hydrogen) atoms. The van der Waals surface area contributed by atoms with Gasteiger partial charge in [-0.15, -0.1) is 0 Å². The molecule has 2 aliphatic rings. The highest BCUT2D eigenvalue weighted by Crippen LogP contribution is 2.44. The first-order chi connectivity index (χ1) is 14.5. The number of rotatable bonds is 2. The molecule has 2 aliphatic carbocycles. The first kappa shape index (κ1) is 21.4. The van der Waals surface area contributed by atoms with Crippen molar-refractivity contribution in [3.8, 4) is 22.3 Å². The van der Waals surface area contributed by atoms with Crippen molar-refractivity contribution in [2.24, 2.45) is 0 Å². The Balaban J connectivity index is 1.66. The second kappa shape index (κ2) is 8.84. The third-order valence-corrected chi connectivity index (χ3v) is 9.12. The van der Waals surface area contributed by atoms with Gasteiger partial charge in [0, 0.05) is 17.9 Å². The Morgan fingerprint density at radius 1 is 0.367 bits per heavy atom. The Labute approximate surface area is 212 Å². The third-order valence-electron chi connectivity index (χ3n) is 6.50. The number of aryl methyl sites for hydroxylation is 4. The van der Waals surface area contributed by atoms with Gasteiger partial charge in [-0.2, -0.15) is 0 Å². The van der Waals surface area contributed by atoms with Gasteiger partial charge in [0.1, 0.15) is 0 Å². The summed E-state index contributed by atoms with van der Waals surface area (Å²) >= 11 is 15.4. The molecule has 0 fully saturated rings. The van der Waals surface area contributed by atoms with Gasteiger partial charge in [0.25, 0.3) is 0 Å². The summed E-state index contributed by atoms with van der Waals surface area (Å²) in [4.78, 5) is 0. The van der Waals surface area contributed by atoms with Gasteiger partial charge in [0.05, 0.1) is 0 Å². The minimum Gasteiger partial charge on any atom is -0.0501 e. The van der Waals surface area contributed by atoms with E-state index >= 15 is 0 Å². The maximum absolute atomic E-state index is 3.87. The van der Waals surface area contributed by atoms with E-state index in [4.69, 9.17) is 0 Å². The van der Waals surface area contributed by atoms with Crippen molar-refractivity contribution in [3.05, 3.63) is 76.5 Å². The van der Waals surface area contributed by atoms with E-state index in [-0.39, 0.29) is 0 Å². The van der Waals surface area contributed by atoms with E-state index < -0.39 is 0 Å².